The van der Waals surface area contributed by atoms with Gasteiger partial charge in [-0.3, -0.25) is 0 Å². The van der Waals surface area contributed by atoms with E-state index in [2.05, 4.69) is 6.07 Å². The molecule has 0 spiro atoms. The van der Waals surface area contributed by atoms with Crippen molar-refractivity contribution in [2.24, 2.45) is 0 Å². The van der Waals surface area contributed by atoms with Gasteiger partial charge in [0.25, 0.3) is 0 Å². The molecule has 1 rings (SSSR count). The van der Waals surface area contributed by atoms with E-state index in [0.717, 1.165) is 0 Å². The van der Waals surface area contributed by atoms with Crippen molar-refractivity contribution in [3.05, 3.63) is 35.9 Å². The first-order chi connectivity index (χ1) is 3.39. The van der Waals surface area contributed by atoms with Crippen LogP contribution in [0.1, 0.15) is 5.56 Å². The zero-order valence-electron chi connectivity index (χ0n) is 4.89. The predicted molar refractivity (Wildman–Crippen MR) is 30.0 cm³/mol. The van der Waals surface area contributed by atoms with Gasteiger partial charge in [-0.1, -0.05) is 6.92 Å². The maximum atomic E-state index is 3.03. The van der Waals surface area contributed by atoms with Gasteiger partial charge < -0.3 is 0 Å². The first-order valence-electron chi connectivity index (χ1n) is 2.33. The minimum Gasteiger partial charge on any atom is -0.181 e. The first kappa shape index (κ1) is 8.32. The zero-order valence-corrected chi connectivity index (χ0v) is 7.73. The van der Waals surface area contributed by atoms with E-state index in [9.17, 15) is 0 Å². The predicted octanol–water partition coefficient (Wildman–Crippen LogP) is 1.79. The van der Waals surface area contributed by atoms with Gasteiger partial charge in [0.15, 0.2) is 0 Å². The van der Waals surface area contributed by atoms with Crippen LogP contribution in [0.25, 0.3) is 0 Å². The number of hydrogen-bond acceptors (Lipinski definition) is 0. The van der Waals surface area contributed by atoms with Crippen LogP contribution in [0.3, 0.4) is 0 Å². The van der Waals surface area contributed by atoms with Crippen molar-refractivity contribution < 1.29 is 32.7 Å². The van der Waals surface area contributed by atoms with Crippen molar-refractivity contribution in [1.29, 1.82) is 0 Å². The Bertz CT molecular complexity index is 134. The molecule has 0 bridgehead atoms. The fraction of sp³-hybridized carbons (Fsp3) is 0.143. The van der Waals surface area contributed by atoms with E-state index in [-0.39, 0.29) is 32.7 Å². The molecule has 0 N–H and O–H groups in total. The van der Waals surface area contributed by atoms with E-state index < -0.39 is 0 Å². The van der Waals surface area contributed by atoms with Crippen LogP contribution in [0.2, 0.25) is 0 Å². The molecule has 0 aliphatic carbocycles. The van der Waals surface area contributed by atoms with Crippen LogP contribution in [0.5, 0.6) is 0 Å². The molecule has 0 fully saturated rings. The SMILES string of the molecule is Cc1[c-]cccc1.[Y+3]. The quantitative estimate of drug-likeness (QED) is 0.534. The Morgan fingerprint density at radius 2 is 2.12 bits per heavy atom. The van der Waals surface area contributed by atoms with E-state index >= 15 is 0 Å². The smallest absolute Gasteiger partial charge is 0.181 e. The van der Waals surface area contributed by atoms with Crippen LogP contribution in [-0.4, -0.2) is 0 Å². The van der Waals surface area contributed by atoms with E-state index in [4.69, 9.17) is 0 Å². The van der Waals surface area contributed by atoms with Crippen molar-refractivity contribution >= 4 is 0 Å². The Kier molecular flexibility index (Phi) is 4.40. The van der Waals surface area contributed by atoms with Gasteiger partial charge >= 0.3 is 32.7 Å². The van der Waals surface area contributed by atoms with E-state index in [1.807, 2.05) is 31.2 Å². The summed E-state index contributed by atoms with van der Waals surface area (Å²) < 4.78 is 0. The molecule has 36 valence electrons. The van der Waals surface area contributed by atoms with Crippen molar-refractivity contribution in [2.75, 3.05) is 0 Å². The van der Waals surface area contributed by atoms with Gasteiger partial charge in [-0.05, 0) is 0 Å². The van der Waals surface area contributed by atoms with Crippen LogP contribution in [0.15, 0.2) is 24.3 Å². The second-order valence-corrected chi connectivity index (χ2v) is 1.55. The second kappa shape index (κ2) is 4.23. The molecular weight excluding hydrogens is 173 g/mol. The van der Waals surface area contributed by atoms with Crippen molar-refractivity contribution in [3.63, 3.8) is 0 Å². The zero-order chi connectivity index (χ0) is 5.11. The molecule has 1 heteroatoms. The first-order valence-corrected chi connectivity index (χ1v) is 2.33. The van der Waals surface area contributed by atoms with Gasteiger partial charge in [-0.15, -0.1) is 0 Å². The third-order valence-electron chi connectivity index (χ3n) is 0.865. The number of aryl methyl sites for hydroxylation is 1. The van der Waals surface area contributed by atoms with Crippen molar-refractivity contribution in [1.82, 2.24) is 0 Å². The average molecular weight is 180 g/mol. The molecule has 0 amide bonds. The Labute approximate surface area is 75.2 Å². The Morgan fingerprint density at radius 1 is 1.38 bits per heavy atom. The monoisotopic (exact) mass is 180 g/mol. The van der Waals surface area contributed by atoms with Crippen LogP contribution in [0.4, 0.5) is 0 Å². The standard InChI is InChI=1S/C7H7.Y/c1-7-5-3-2-4-6-7;/h2-5H,1H3;/q-1;+3. The topological polar surface area (TPSA) is 0 Å². The summed E-state index contributed by atoms with van der Waals surface area (Å²) in [6.45, 7) is 2.03. The molecule has 1 aromatic carbocycles. The molecule has 8 heavy (non-hydrogen) atoms. The maximum absolute atomic E-state index is 3.03. The fourth-order valence-electron chi connectivity index (χ4n) is 0.483. The summed E-state index contributed by atoms with van der Waals surface area (Å²) in [7, 11) is 0. The van der Waals surface area contributed by atoms with Gasteiger partial charge in [-0.25, -0.2) is 0 Å². The largest absolute Gasteiger partial charge is 3.00 e. The molecule has 1 aromatic rings. The number of rotatable bonds is 0. The van der Waals surface area contributed by atoms with Crippen LogP contribution in [0, 0.1) is 13.0 Å². The normalized spacial score (nSPS) is 7.62. The summed E-state index contributed by atoms with van der Waals surface area (Å²) in [6.07, 6.45) is 0. The van der Waals surface area contributed by atoms with Gasteiger partial charge in [0.1, 0.15) is 0 Å². The van der Waals surface area contributed by atoms with Gasteiger partial charge in [0.05, 0.1) is 0 Å². The summed E-state index contributed by atoms with van der Waals surface area (Å²) >= 11 is 0. The van der Waals surface area contributed by atoms with Crippen LogP contribution < -0.4 is 0 Å². The van der Waals surface area contributed by atoms with Crippen LogP contribution >= 0.6 is 0 Å². The molecule has 0 atom stereocenters. The molecule has 0 aliphatic rings. The summed E-state index contributed by atoms with van der Waals surface area (Å²) in [5, 5.41) is 0. The maximum Gasteiger partial charge on any atom is 3.00 e. The second-order valence-electron chi connectivity index (χ2n) is 1.55. The summed E-state index contributed by atoms with van der Waals surface area (Å²) in [4.78, 5) is 0. The fourth-order valence-corrected chi connectivity index (χ4v) is 0.483. The van der Waals surface area contributed by atoms with Gasteiger partial charge in [0, 0.05) is 0 Å². The molecular formula is C7H7Y+2. The third kappa shape index (κ3) is 2.59. The average Bonchev–Trinajstić information content (AvgIpc) is 1.69. The summed E-state index contributed by atoms with van der Waals surface area (Å²) in [6, 6.07) is 10.9. The van der Waals surface area contributed by atoms with Gasteiger partial charge in [0.2, 0.25) is 0 Å². The Balaban J connectivity index is 0.000000490. The molecule has 0 saturated heterocycles. The Hall–Kier alpha value is 0.324. The van der Waals surface area contributed by atoms with E-state index in [1.54, 1.807) is 0 Å². The van der Waals surface area contributed by atoms with Crippen molar-refractivity contribution in [2.45, 2.75) is 6.92 Å². The number of hydrogen-bond donors (Lipinski definition) is 0. The molecule has 0 unspecified atom stereocenters. The molecule has 0 saturated carbocycles. The molecule has 0 aromatic heterocycles. The van der Waals surface area contributed by atoms with E-state index in [1.165, 1.54) is 5.56 Å². The summed E-state index contributed by atoms with van der Waals surface area (Å²) in [5.41, 5.74) is 1.20. The molecule has 0 heterocycles. The van der Waals surface area contributed by atoms with Gasteiger partial charge in [-0.2, -0.15) is 35.9 Å². The molecule has 0 radical (unpaired) electrons. The van der Waals surface area contributed by atoms with Crippen molar-refractivity contribution in [3.8, 4) is 0 Å². The molecule has 0 nitrogen and oxygen atoms in total. The number of benzene rings is 1. The molecule has 0 aliphatic heterocycles. The van der Waals surface area contributed by atoms with E-state index in [0.29, 0.717) is 0 Å². The summed E-state index contributed by atoms with van der Waals surface area (Å²) in [5.74, 6) is 0. The van der Waals surface area contributed by atoms with Crippen LogP contribution in [-0.2, 0) is 32.7 Å². The minimum atomic E-state index is 0. The minimum absolute atomic E-state index is 0. The third-order valence-corrected chi connectivity index (χ3v) is 0.865. The Morgan fingerprint density at radius 3 is 2.38 bits per heavy atom.